The molecule has 2 aliphatic rings. The van der Waals surface area contributed by atoms with Crippen LogP contribution >= 0.6 is 0 Å². The summed E-state index contributed by atoms with van der Waals surface area (Å²) in [7, 11) is -5.97. The fourth-order valence-corrected chi connectivity index (χ4v) is 3.30. The summed E-state index contributed by atoms with van der Waals surface area (Å²) in [6, 6.07) is 0. The largest absolute Gasteiger partial charge is 0.743 e. The monoisotopic (exact) mass is 473 g/mol. The van der Waals surface area contributed by atoms with Gasteiger partial charge in [-0.2, -0.15) is 8.78 Å². The van der Waals surface area contributed by atoms with Crippen LogP contribution in [0.5, 0.6) is 0 Å². The van der Waals surface area contributed by atoms with Crippen LogP contribution in [0.25, 0.3) is 0 Å². The Morgan fingerprint density at radius 1 is 0.968 bits per heavy atom. The van der Waals surface area contributed by atoms with Gasteiger partial charge in [0.2, 0.25) is 0 Å². The van der Waals surface area contributed by atoms with Crippen molar-refractivity contribution in [3.8, 4) is 0 Å². The van der Waals surface area contributed by atoms with Crippen LogP contribution in [-0.2, 0) is 38.6 Å². The maximum atomic E-state index is 13.4. The van der Waals surface area contributed by atoms with E-state index < -0.39 is 33.4 Å². The number of hydrogen-bond donors (Lipinski definition) is 0. The van der Waals surface area contributed by atoms with Crippen LogP contribution in [0.4, 0.5) is 8.78 Å². The Kier molecular flexibility index (Phi) is 8.43. The Bertz CT molecular complexity index is 679. The smallest absolute Gasteiger partial charge is 0.367 e. The summed E-state index contributed by atoms with van der Waals surface area (Å²) in [5, 5.41) is -4.73. The molecule has 2 fully saturated rings. The van der Waals surface area contributed by atoms with E-state index in [0.717, 1.165) is 12.8 Å². The minimum atomic E-state index is -5.97. The van der Waals surface area contributed by atoms with Gasteiger partial charge in [0, 0.05) is 10.8 Å². The van der Waals surface area contributed by atoms with Crippen LogP contribution in [0.2, 0.25) is 0 Å². The summed E-state index contributed by atoms with van der Waals surface area (Å²) < 4.78 is 85.2. The van der Waals surface area contributed by atoms with Crippen molar-refractivity contribution in [2.24, 2.45) is 16.2 Å². The molecule has 0 bridgehead atoms. The second-order valence-corrected chi connectivity index (χ2v) is 10.4. The van der Waals surface area contributed by atoms with Crippen molar-refractivity contribution in [2.75, 3.05) is 59.5 Å². The van der Waals surface area contributed by atoms with Gasteiger partial charge in [-0.25, -0.2) is 8.42 Å². The Morgan fingerprint density at radius 2 is 1.39 bits per heavy atom. The summed E-state index contributed by atoms with van der Waals surface area (Å²) in [5.41, 5.74) is -1.81. The van der Waals surface area contributed by atoms with Crippen LogP contribution in [0.1, 0.15) is 33.6 Å². The molecule has 2 rings (SSSR count). The number of carbonyl (C=O) groups is 1. The topological polar surface area (TPSA) is 120 Å². The SMILES string of the molecule is CCC1(COCC(C)(COCC2(CC)COC2)C(=O)OCC(F)(F)S(=O)(=O)[O-])COC1. The number of halogens is 2. The minimum absolute atomic E-state index is 0.162. The van der Waals surface area contributed by atoms with E-state index in [1.807, 2.05) is 13.8 Å². The van der Waals surface area contributed by atoms with Gasteiger partial charge in [0.15, 0.2) is 16.7 Å². The molecule has 0 aromatic heterocycles. The van der Waals surface area contributed by atoms with Crippen molar-refractivity contribution in [1.29, 1.82) is 0 Å². The number of hydrogen-bond acceptors (Lipinski definition) is 9. The van der Waals surface area contributed by atoms with Crippen molar-refractivity contribution in [3.63, 3.8) is 0 Å². The van der Waals surface area contributed by atoms with Gasteiger partial charge in [0.1, 0.15) is 5.41 Å². The number of alkyl halides is 2. The molecule has 0 aliphatic carbocycles. The zero-order chi connectivity index (χ0) is 23.4. The van der Waals surface area contributed by atoms with Gasteiger partial charge in [-0.3, -0.25) is 4.79 Å². The van der Waals surface area contributed by atoms with Crippen molar-refractivity contribution < 1.29 is 50.2 Å². The van der Waals surface area contributed by atoms with E-state index in [4.69, 9.17) is 18.9 Å². The van der Waals surface area contributed by atoms with E-state index in [1.54, 1.807) is 0 Å². The first kappa shape index (κ1) is 26.3. The van der Waals surface area contributed by atoms with Gasteiger partial charge in [0.05, 0.1) is 52.9 Å². The van der Waals surface area contributed by atoms with Crippen LogP contribution in [0.15, 0.2) is 0 Å². The highest BCUT2D eigenvalue weighted by Crippen LogP contribution is 2.34. The van der Waals surface area contributed by atoms with Crippen molar-refractivity contribution in [2.45, 2.75) is 38.9 Å². The highest BCUT2D eigenvalue weighted by Gasteiger charge is 2.45. The Labute approximate surface area is 181 Å². The van der Waals surface area contributed by atoms with Gasteiger partial charge >= 0.3 is 11.2 Å². The van der Waals surface area contributed by atoms with Crippen molar-refractivity contribution >= 4 is 16.1 Å². The fourth-order valence-electron chi connectivity index (χ4n) is 3.10. The molecule has 2 aliphatic heterocycles. The third-order valence-corrected chi connectivity index (χ3v) is 6.87. The molecule has 31 heavy (non-hydrogen) atoms. The molecular weight excluding hydrogens is 442 g/mol. The van der Waals surface area contributed by atoms with Crippen LogP contribution < -0.4 is 0 Å². The lowest BCUT2D eigenvalue weighted by molar-refractivity contribution is -0.187. The first-order chi connectivity index (χ1) is 14.3. The van der Waals surface area contributed by atoms with Gasteiger partial charge in [-0.15, -0.1) is 0 Å². The Hall–Kier alpha value is -0.920. The predicted molar refractivity (Wildman–Crippen MR) is 102 cm³/mol. The van der Waals surface area contributed by atoms with E-state index in [9.17, 15) is 26.5 Å². The van der Waals surface area contributed by atoms with Crippen molar-refractivity contribution in [1.82, 2.24) is 0 Å². The Morgan fingerprint density at radius 3 is 1.68 bits per heavy atom. The minimum Gasteiger partial charge on any atom is -0.743 e. The lowest BCUT2D eigenvalue weighted by atomic mass is 9.84. The van der Waals surface area contributed by atoms with Crippen LogP contribution in [0.3, 0.4) is 0 Å². The molecule has 0 saturated carbocycles. The molecule has 0 atom stereocenters. The number of esters is 1. The fraction of sp³-hybridized carbons (Fsp3) is 0.947. The van der Waals surface area contributed by atoms with E-state index >= 15 is 0 Å². The standard InChI is InChI=1S/C19H32F2O9S/c1-4-17(10-28-11-17)8-26-6-16(3,7-27-9-18(5-2)12-29-13-18)15(22)30-14-19(20,21)31(23,24)25/h4-14H2,1-3H3,(H,23,24,25)/p-1. The third kappa shape index (κ3) is 6.32. The molecule has 12 heteroatoms. The molecular formula is C19H31F2O9S-. The summed E-state index contributed by atoms with van der Waals surface area (Å²) in [6.07, 6.45) is 1.61. The molecule has 182 valence electrons. The highest BCUT2D eigenvalue weighted by atomic mass is 32.2. The molecule has 0 aromatic rings. The number of ether oxygens (including phenoxy) is 5. The second kappa shape index (κ2) is 9.92. The molecule has 0 radical (unpaired) electrons. The average molecular weight is 474 g/mol. The first-order valence-corrected chi connectivity index (χ1v) is 11.5. The molecule has 2 heterocycles. The number of rotatable bonds is 14. The zero-order valence-electron chi connectivity index (χ0n) is 18.1. The predicted octanol–water partition coefficient (Wildman–Crippen LogP) is 1.56. The lowest BCUT2D eigenvalue weighted by Gasteiger charge is -2.42. The molecule has 0 unspecified atom stereocenters. The van der Waals surface area contributed by atoms with Crippen LogP contribution in [-0.4, -0.2) is 83.7 Å². The Balaban J connectivity index is 1.99. The lowest BCUT2D eigenvalue weighted by Crippen LogP contribution is -2.49. The molecule has 0 aromatic carbocycles. The summed E-state index contributed by atoms with van der Waals surface area (Å²) in [5.74, 6) is -1.14. The molecule has 0 amide bonds. The summed E-state index contributed by atoms with van der Waals surface area (Å²) >= 11 is 0. The number of carbonyl (C=O) groups excluding carboxylic acids is 1. The molecule has 9 nitrogen and oxygen atoms in total. The van der Waals surface area contributed by atoms with Gasteiger partial charge < -0.3 is 28.2 Å². The van der Waals surface area contributed by atoms with E-state index in [0.29, 0.717) is 39.6 Å². The quantitative estimate of drug-likeness (QED) is 0.273. The van der Waals surface area contributed by atoms with Gasteiger partial charge in [0.25, 0.3) is 0 Å². The van der Waals surface area contributed by atoms with E-state index in [2.05, 4.69) is 4.74 Å². The normalized spacial score (nSPS) is 20.6. The molecule has 0 spiro atoms. The maximum Gasteiger partial charge on any atom is 0.367 e. The summed E-state index contributed by atoms with van der Waals surface area (Å²) in [4.78, 5) is 12.6. The molecule has 0 N–H and O–H groups in total. The first-order valence-electron chi connectivity index (χ1n) is 10.1. The van der Waals surface area contributed by atoms with Gasteiger partial charge in [-0.1, -0.05) is 13.8 Å². The second-order valence-electron chi connectivity index (χ2n) is 8.91. The molecule has 2 saturated heterocycles. The maximum absolute atomic E-state index is 13.4. The summed E-state index contributed by atoms with van der Waals surface area (Å²) in [6.45, 7) is 5.81. The van der Waals surface area contributed by atoms with Crippen LogP contribution in [0, 0.1) is 16.2 Å². The van der Waals surface area contributed by atoms with E-state index in [1.165, 1.54) is 6.92 Å². The van der Waals surface area contributed by atoms with Crippen molar-refractivity contribution in [3.05, 3.63) is 0 Å². The third-order valence-electron chi connectivity index (χ3n) is 6.02. The van der Waals surface area contributed by atoms with Gasteiger partial charge in [-0.05, 0) is 19.8 Å². The highest BCUT2D eigenvalue weighted by molar-refractivity contribution is 7.86. The average Bonchev–Trinajstić information content (AvgIpc) is 2.63. The van der Waals surface area contributed by atoms with E-state index in [-0.39, 0.29) is 24.0 Å². The zero-order valence-corrected chi connectivity index (χ0v) is 18.9.